The second-order valence-corrected chi connectivity index (χ2v) is 6.74. The minimum Gasteiger partial charge on any atom is -0.327 e. The summed E-state index contributed by atoms with van der Waals surface area (Å²) < 4.78 is 0. The Balaban J connectivity index is 1.65. The summed E-state index contributed by atoms with van der Waals surface area (Å²) in [6.45, 7) is 3.63. The lowest BCUT2D eigenvalue weighted by molar-refractivity contribution is 0.201. The van der Waals surface area contributed by atoms with Gasteiger partial charge in [0.25, 0.3) is 0 Å². The van der Waals surface area contributed by atoms with Gasteiger partial charge in [-0.25, -0.2) is 9.78 Å². The van der Waals surface area contributed by atoms with E-state index in [1.165, 1.54) is 5.56 Å². The molecule has 2 aromatic rings. The molecular formula is C19H25N5O. The number of pyridine rings is 2. The van der Waals surface area contributed by atoms with E-state index in [9.17, 15) is 4.79 Å². The highest BCUT2D eigenvalue weighted by molar-refractivity contribution is 5.88. The van der Waals surface area contributed by atoms with Crippen molar-refractivity contribution in [1.82, 2.24) is 19.8 Å². The molecule has 0 unspecified atom stereocenters. The van der Waals surface area contributed by atoms with E-state index in [1.54, 1.807) is 17.2 Å². The fourth-order valence-corrected chi connectivity index (χ4v) is 3.55. The third kappa shape index (κ3) is 4.14. The fraction of sp³-hybridized carbons (Fsp3) is 0.421. The molecule has 1 aliphatic heterocycles. The van der Waals surface area contributed by atoms with Crippen molar-refractivity contribution in [1.29, 1.82) is 0 Å². The van der Waals surface area contributed by atoms with Gasteiger partial charge in [0, 0.05) is 37.7 Å². The van der Waals surface area contributed by atoms with E-state index in [1.807, 2.05) is 38.4 Å². The van der Waals surface area contributed by atoms with Crippen LogP contribution in [-0.4, -0.2) is 53.0 Å². The van der Waals surface area contributed by atoms with Gasteiger partial charge < -0.3 is 4.90 Å². The largest absolute Gasteiger partial charge is 0.327 e. The lowest BCUT2D eigenvalue weighted by Crippen LogP contribution is -2.37. The van der Waals surface area contributed by atoms with Crippen LogP contribution in [0.25, 0.3) is 0 Å². The molecule has 6 heteroatoms. The van der Waals surface area contributed by atoms with Gasteiger partial charge in [0.05, 0.1) is 0 Å². The van der Waals surface area contributed by atoms with Gasteiger partial charge in [-0.3, -0.25) is 15.2 Å². The van der Waals surface area contributed by atoms with Crippen LogP contribution in [0.3, 0.4) is 0 Å². The van der Waals surface area contributed by atoms with Gasteiger partial charge in [0.15, 0.2) is 0 Å². The van der Waals surface area contributed by atoms with Crippen molar-refractivity contribution in [2.75, 3.05) is 32.5 Å². The number of rotatable bonds is 4. The van der Waals surface area contributed by atoms with Gasteiger partial charge in [-0.05, 0) is 56.6 Å². The van der Waals surface area contributed by atoms with E-state index < -0.39 is 0 Å². The molecule has 1 aliphatic rings. The first-order chi connectivity index (χ1) is 12.0. The lowest BCUT2D eigenvalue weighted by Gasteiger charge is -2.28. The number of carbonyl (C=O) groups is 1. The molecule has 25 heavy (non-hydrogen) atoms. The van der Waals surface area contributed by atoms with Crippen LogP contribution in [0.2, 0.25) is 0 Å². The second-order valence-electron chi connectivity index (χ2n) is 6.74. The monoisotopic (exact) mass is 339 g/mol. The number of carbonyl (C=O) groups excluding carboxylic acids is 1. The van der Waals surface area contributed by atoms with Gasteiger partial charge in [-0.1, -0.05) is 12.1 Å². The Labute approximate surface area is 148 Å². The first-order valence-corrected chi connectivity index (χ1v) is 8.60. The van der Waals surface area contributed by atoms with Crippen LogP contribution in [0.5, 0.6) is 0 Å². The summed E-state index contributed by atoms with van der Waals surface area (Å²) in [5.74, 6) is 0.972. The first kappa shape index (κ1) is 17.4. The summed E-state index contributed by atoms with van der Waals surface area (Å²) in [6, 6.07) is 9.86. The van der Waals surface area contributed by atoms with E-state index in [2.05, 4.69) is 33.3 Å². The topological polar surface area (TPSA) is 61.4 Å². The Kier molecular flexibility index (Phi) is 5.28. The minimum absolute atomic E-state index is 0.127. The molecule has 6 nitrogen and oxygen atoms in total. The Morgan fingerprint density at radius 3 is 2.92 bits per heavy atom. The lowest BCUT2D eigenvalue weighted by atomic mass is 9.94. The SMILES string of the molecule is Cc1cccc(NC(=O)N(C)C[C@@H]2CCN(C)[C@H]2c2cccnc2)n1. The third-order valence-corrected chi connectivity index (χ3v) is 4.78. The average molecular weight is 339 g/mol. The van der Waals surface area contributed by atoms with Crippen LogP contribution in [0.4, 0.5) is 10.6 Å². The van der Waals surface area contributed by atoms with Crippen LogP contribution in [-0.2, 0) is 0 Å². The van der Waals surface area contributed by atoms with E-state index in [4.69, 9.17) is 0 Å². The molecule has 0 radical (unpaired) electrons. The first-order valence-electron chi connectivity index (χ1n) is 8.60. The highest BCUT2D eigenvalue weighted by Crippen LogP contribution is 2.36. The Bertz CT molecular complexity index is 721. The summed E-state index contributed by atoms with van der Waals surface area (Å²) in [5.41, 5.74) is 2.09. The maximum absolute atomic E-state index is 12.5. The summed E-state index contributed by atoms with van der Waals surface area (Å²) in [7, 11) is 3.97. The number of hydrogen-bond acceptors (Lipinski definition) is 4. The molecule has 0 saturated carbocycles. The number of likely N-dealkylation sites (tertiary alicyclic amines) is 1. The quantitative estimate of drug-likeness (QED) is 0.930. The van der Waals surface area contributed by atoms with E-state index in [0.717, 1.165) is 18.7 Å². The van der Waals surface area contributed by atoms with Gasteiger partial charge >= 0.3 is 6.03 Å². The van der Waals surface area contributed by atoms with Gasteiger partial charge in [0.2, 0.25) is 0 Å². The van der Waals surface area contributed by atoms with E-state index in [-0.39, 0.29) is 6.03 Å². The molecule has 0 aromatic carbocycles. The smallest absolute Gasteiger partial charge is 0.322 e. The molecule has 0 spiro atoms. The van der Waals surface area contributed by atoms with Gasteiger partial charge in [0.1, 0.15) is 5.82 Å². The van der Waals surface area contributed by atoms with Crippen LogP contribution in [0, 0.1) is 12.8 Å². The Morgan fingerprint density at radius 2 is 2.20 bits per heavy atom. The molecule has 2 aromatic heterocycles. The molecular weight excluding hydrogens is 314 g/mol. The zero-order valence-corrected chi connectivity index (χ0v) is 15.0. The number of hydrogen-bond donors (Lipinski definition) is 1. The summed E-state index contributed by atoms with van der Waals surface area (Å²) in [6.07, 6.45) is 4.79. The summed E-state index contributed by atoms with van der Waals surface area (Å²) >= 11 is 0. The number of anilines is 1. The molecule has 132 valence electrons. The van der Waals surface area contributed by atoms with Crippen LogP contribution in [0.1, 0.15) is 23.7 Å². The molecule has 2 amide bonds. The molecule has 2 atom stereocenters. The standard InChI is InChI=1S/C19H25N5O/c1-14-6-4-8-17(21-14)22-19(25)24(3)13-16-9-11-23(2)18(16)15-7-5-10-20-12-15/h4-8,10,12,16,18H,9,11,13H2,1-3H3,(H,21,22,25)/t16-,18-/m0/s1. The normalized spacial score (nSPS) is 20.4. The molecule has 1 saturated heterocycles. The van der Waals surface area contributed by atoms with E-state index >= 15 is 0 Å². The van der Waals surface area contributed by atoms with Crippen LogP contribution >= 0.6 is 0 Å². The van der Waals surface area contributed by atoms with Crippen molar-refractivity contribution < 1.29 is 4.79 Å². The highest BCUT2D eigenvalue weighted by Gasteiger charge is 2.34. The molecule has 3 heterocycles. The maximum Gasteiger partial charge on any atom is 0.322 e. The number of amides is 2. The average Bonchev–Trinajstić information content (AvgIpc) is 2.96. The second kappa shape index (κ2) is 7.61. The van der Waals surface area contributed by atoms with Gasteiger partial charge in [-0.15, -0.1) is 0 Å². The number of urea groups is 1. The van der Waals surface area contributed by atoms with Crippen molar-refractivity contribution in [3.63, 3.8) is 0 Å². The molecule has 0 aliphatic carbocycles. The van der Waals surface area contributed by atoms with Gasteiger partial charge in [-0.2, -0.15) is 0 Å². The van der Waals surface area contributed by atoms with Crippen LogP contribution < -0.4 is 5.32 Å². The predicted octanol–water partition coefficient (Wildman–Crippen LogP) is 2.94. The van der Waals surface area contributed by atoms with Crippen molar-refractivity contribution in [3.8, 4) is 0 Å². The minimum atomic E-state index is -0.127. The van der Waals surface area contributed by atoms with E-state index in [0.29, 0.717) is 24.3 Å². The molecule has 3 rings (SSSR count). The fourth-order valence-electron chi connectivity index (χ4n) is 3.55. The number of nitrogens with one attached hydrogen (secondary N) is 1. The zero-order chi connectivity index (χ0) is 17.8. The maximum atomic E-state index is 12.5. The Morgan fingerprint density at radius 1 is 1.36 bits per heavy atom. The Hall–Kier alpha value is -2.47. The van der Waals surface area contributed by atoms with Crippen molar-refractivity contribution >= 4 is 11.8 Å². The van der Waals surface area contributed by atoms with Crippen molar-refractivity contribution in [3.05, 3.63) is 54.0 Å². The zero-order valence-electron chi connectivity index (χ0n) is 15.0. The summed E-state index contributed by atoms with van der Waals surface area (Å²) in [5, 5.41) is 2.87. The van der Waals surface area contributed by atoms with Crippen molar-refractivity contribution in [2.24, 2.45) is 5.92 Å². The van der Waals surface area contributed by atoms with Crippen molar-refractivity contribution in [2.45, 2.75) is 19.4 Å². The number of nitrogens with zero attached hydrogens (tertiary/aromatic N) is 4. The molecule has 1 fully saturated rings. The van der Waals surface area contributed by atoms with Crippen LogP contribution in [0.15, 0.2) is 42.7 Å². The summed E-state index contributed by atoms with van der Waals surface area (Å²) in [4.78, 5) is 25.2. The predicted molar refractivity (Wildman–Crippen MR) is 98.3 cm³/mol. The number of aromatic nitrogens is 2. The molecule has 1 N–H and O–H groups in total. The number of aryl methyl sites for hydroxylation is 1. The third-order valence-electron chi connectivity index (χ3n) is 4.78. The highest BCUT2D eigenvalue weighted by atomic mass is 16.2. The molecule has 0 bridgehead atoms.